The normalized spacial score (nSPS) is 17.7. The van der Waals surface area contributed by atoms with Gasteiger partial charge in [0.05, 0.1) is 13.0 Å². The zero-order chi connectivity index (χ0) is 19.6. The van der Waals surface area contributed by atoms with Gasteiger partial charge in [-0.1, -0.05) is 29.8 Å². The van der Waals surface area contributed by atoms with E-state index >= 15 is 0 Å². The molecule has 1 fully saturated rings. The first-order valence-corrected chi connectivity index (χ1v) is 10.6. The monoisotopic (exact) mass is 384 g/mol. The summed E-state index contributed by atoms with van der Waals surface area (Å²) in [7, 11) is 0. The number of rotatable bonds is 8. The lowest BCUT2D eigenvalue weighted by Gasteiger charge is -2.31. The summed E-state index contributed by atoms with van der Waals surface area (Å²) in [4.78, 5) is 26.6. The van der Waals surface area contributed by atoms with E-state index < -0.39 is 0 Å². The van der Waals surface area contributed by atoms with Crippen molar-refractivity contribution in [2.75, 3.05) is 26.2 Å². The molecule has 3 rings (SSSR count). The Morgan fingerprint density at radius 3 is 2.61 bits per heavy atom. The topological polar surface area (TPSA) is 58.6 Å². The van der Waals surface area contributed by atoms with Crippen LogP contribution in [-0.2, 0) is 9.59 Å². The van der Waals surface area contributed by atoms with Gasteiger partial charge in [0, 0.05) is 25.6 Å². The number of nitrogens with zero attached hydrogens (tertiary/aromatic N) is 1. The lowest BCUT2D eigenvalue weighted by atomic mass is 9.95. The van der Waals surface area contributed by atoms with Crippen molar-refractivity contribution >= 4 is 11.8 Å². The highest BCUT2D eigenvalue weighted by atomic mass is 16.5. The van der Waals surface area contributed by atoms with E-state index in [2.05, 4.69) is 11.4 Å². The molecular weight excluding hydrogens is 352 g/mol. The first kappa shape index (κ1) is 20.4. The minimum Gasteiger partial charge on any atom is -0.493 e. The molecule has 0 aromatic heterocycles. The minimum atomic E-state index is 0.0324. The van der Waals surface area contributed by atoms with Gasteiger partial charge in [-0.15, -0.1) is 0 Å². The number of carbonyl (C=O) groups is 2. The maximum atomic E-state index is 12.4. The summed E-state index contributed by atoms with van der Waals surface area (Å²) in [6, 6.07) is 9.54. The number of hydrogen-bond donors (Lipinski definition) is 1. The van der Waals surface area contributed by atoms with Crippen LogP contribution >= 0.6 is 0 Å². The van der Waals surface area contributed by atoms with Crippen molar-refractivity contribution in [3.63, 3.8) is 0 Å². The smallest absolute Gasteiger partial charge is 0.225 e. The highest BCUT2D eigenvalue weighted by molar-refractivity contribution is 5.80. The summed E-state index contributed by atoms with van der Waals surface area (Å²) in [6.45, 7) is 2.45. The Labute approximate surface area is 168 Å². The van der Waals surface area contributed by atoms with Crippen LogP contribution < -0.4 is 10.1 Å². The van der Waals surface area contributed by atoms with Crippen LogP contribution in [0.5, 0.6) is 5.75 Å². The van der Waals surface area contributed by atoms with Gasteiger partial charge in [-0.3, -0.25) is 9.59 Å². The van der Waals surface area contributed by atoms with E-state index in [4.69, 9.17) is 4.74 Å². The summed E-state index contributed by atoms with van der Waals surface area (Å²) >= 11 is 0. The predicted molar refractivity (Wildman–Crippen MR) is 110 cm³/mol. The van der Waals surface area contributed by atoms with Crippen molar-refractivity contribution in [3.05, 3.63) is 42.0 Å². The molecule has 5 heteroatoms. The molecule has 0 spiro atoms. The van der Waals surface area contributed by atoms with Crippen LogP contribution in [0.2, 0.25) is 0 Å². The Morgan fingerprint density at radius 2 is 1.89 bits per heavy atom. The van der Waals surface area contributed by atoms with Crippen LogP contribution in [0.1, 0.15) is 51.4 Å². The fraction of sp³-hybridized carbons (Fsp3) is 0.565. The molecule has 0 unspecified atom stereocenters. The van der Waals surface area contributed by atoms with E-state index in [0.717, 1.165) is 31.6 Å². The average Bonchev–Trinajstić information content (AvgIpc) is 2.75. The number of hydrogen-bond acceptors (Lipinski definition) is 3. The number of benzene rings is 1. The quantitative estimate of drug-likeness (QED) is 0.695. The number of carbonyl (C=O) groups excluding carboxylic acids is 2. The molecular formula is C23H32N2O3. The molecule has 0 saturated carbocycles. The summed E-state index contributed by atoms with van der Waals surface area (Å²) < 4.78 is 5.60. The van der Waals surface area contributed by atoms with Crippen molar-refractivity contribution in [1.29, 1.82) is 0 Å². The van der Waals surface area contributed by atoms with Gasteiger partial charge in [-0.05, 0) is 57.1 Å². The molecule has 1 aliphatic heterocycles. The van der Waals surface area contributed by atoms with Crippen LogP contribution in [0.3, 0.4) is 0 Å². The lowest BCUT2D eigenvalue weighted by Crippen LogP contribution is -2.43. The number of para-hydroxylation sites is 1. The molecule has 1 saturated heterocycles. The summed E-state index contributed by atoms with van der Waals surface area (Å²) in [5, 5.41) is 3.09. The van der Waals surface area contributed by atoms with E-state index in [-0.39, 0.29) is 17.7 Å². The van der Waals surface area contributed by atoms with Crippen molar-refractivity contribution in [3.8, 4) is 5.75 Å². The van der Waals surface area contributed by atoms with E-state index in [1.807, 2.05) is 35.2 Å². The Bertz CT molecular complexity index is 664. The lowest BCUT2D eigenvalue weighted by molar-refractivity contribution is -0.136. The standard InChI is InChI=1S/C23H32N2O3/c26-22(14-18-28-21-9-5-2-6-10-21)25-16-12-20(13-17-25)23(27)24-15-11-19-7-3-1-4-8-19/h2,5-7,9-10,20H,1,3-4,8,11-18H2,(H,24,27). The molecule has 1 heterocycles. The summed E-state index contributed by atoms with van der Waals surface area (Å²) in [5.74, 6) is 1.08. The molecule has 2 aliphatic rings. The highest BCUT2D eigenvalue weighted by Crippen LogP contribution is 2.21. The van der Waals surface area contributed by atoms with Gasteiger partial charge < -0.3 is 15.0 Å². The third-order valence-corrected chi connectivity index (χ3v) is 5.68. The fourth-order valence-corrected chi connectivity index (χ4v) is 3.94. The molecule has 1 aromatic carbocycles. The van der Waals surface area contributed by atoms with Gasteiger partial charge in [0.1, 0.15) is 5.75 Å². The minimum absolute atomic E-state index is 0.0324. The third-order valence-electron chi connectivity index (χ3n) is 5.68. The number of likely N-dealkylation sites (tertiary alicyclic amines) is 1. The molecule has 0 radical (unpaired) electrons. The molecule has 1 aliphatic carbocycles. The van der Waals surface area contributed by atoms with Crippen molar-refractivity contribution in [2.24, 2.45) is 5.92 Å². The maximum Gasteiger partial charge on any atom is 0.225 e. The first-order chi connectivity index (χ1) is 13.7. The molecule has 0 atom stereocenters. The second-order valence-electron chi connectivity index (χ2n) is 7.72. The zero-order valence-electron chi connectivity index (χ0n) is 16.7. The van der Waals surface area contributed by atoms with Crippen LogP contribution in [0, 0.1) is 5.92 Å². The number of nitrogens with one attached hydrogen (secondary N) is 1. The van der Waals surface area contributed by atoms with Gasteiger partial charge in [-0.2, -0.15) is 0 Å². The number of allylic oxidation sites excluding steroid dienone is 1. The van der Waals surface area contributed by atoms with Gasteiger partial charge in [0.15, 0.2) is 0 Å². The second-order valence-corrected chi connectivity index (χ2v) is 7.72. The largest absolute Gasteiger partial charge is 0.493 e. The van der Waals surface area contributed by atoms with Crippen molar-refractivity contribution in [2.45, 2.75) is 51.4 Å². The second kappa shape index (κ2) is 10.9. The van der Waals surface area contributed by atoms with Gasteiger partial charge in [0.25, 0.3) is 0 Å². The van der Waals surface area contributed by atoms with Crippen LogP contribution in [0.25, 0.3) is 0 Å². The van der Waals surface area contributed by atoms with Crippen LogP contribution in [-0.4, -0.2) is 43.0 Å². The maximum absolute atomic E-state index is 12.4. The van der Waals surface area contributed by atoms with E-state index in [1.165, 1.54) is 31.3 Å². The SMILES string of the molecule is O=C(NCCC1=CCCCC1)C1CCN(C(=O)CCOc2ccccc2)CC1. The van der Waals surface area contributed by atoms with Crippen LogP contribution in [0.15, 0.2) is 42.0 Å². The van der Waals surface area contributed by atoms with Crippen molar-refractivity contribution < 1.29 is 14.3 Å². The number of piperidine rings is 1. The van der Waals surface area contributed by atoms with E-state index in [1.54, 1.807) is 0 Å². The molecule has 0 bridgehead atoms. The Balaban J connectivity index is 1.30. The Morgan fingerprint density at radius 1 is 1.11 bits per heavy atom. The molecule has 1 N–H and O–H groups in total. The van der Waals surface area contributed by atoms with Gasteiger partial charge in [-0.25, -0.2) is 0 Å². The Hall–Kier alpha value is -2.30. The predicted octanol–water partition coefficient (Wildman–Crippen LogP) is 3.70. The number of ether oxygens (including phenoxy) is 1. The fourth-order valence-electron chi connectivity index (χ4n) is 3.94. The molecule has 1 aromatic rings. The van der Waals surface area contributed by atoms with E-state index in [9.17, 15) is 9.59 Å². The average molecular weight is 385 g/mol. The first-order valence-electron chi connectivity index (χ1n) is 10.6. The third kappa shape index (κ3) is 6.39. The summed E-state index contributed by atoms with van der Waals surface area (Å²) in [6.07, 6.45) is 10.1. The molecule has 2 amide bonds. The Kier molecular flexibility index (Phi) is 7.94. The number of amides is 2. The van der Waals surface area contributed by atoms with Crippen molar-refractivity contribution in [1.82, 2.24) is 10.2 Å². The molecule has 28 heavy (non-hydrogen) atoms. The van der Waals surface area contributed by atoms with Gasteiger partial charge >= 0.3 is 0 Å². The van der Waals surface area contributed by atoms with Crippen LogP contribution in [0.4, 0.5) is 0 Å². The molecule has 152 valence electrons. The van der Waals surface area contributed by atoms with E-state index in [0.29, 0.717) is 26.1 Å². The summed E-state index contributed by atoms with van der Waals surface area (Å²) in [5.41, 5.74) is 1.49. The molecule has 5 nitrogen and oxygen atoms in total. The highest BCUT2D eigenvalue weighted by Gasteiger charge is 2.27. The van der Waals surface area contributed by atoms with Gasteiger partial charge in [0.2, 0.25) is 11.8 Å². The zero-order valence-corrected chi connectivity index (χ0v) is 16.7.